The van der Waals surface area contributed by atoms with E-state index in [-0.39, 0.29) is 23.5 Å². The lowest BCUT2D eigenvalue weighted by Gasteiger charge is -2.12. The summed E-state index contributed by atoms with van der Waals surface area (Å²) in [5.74, 6) is 7.52. The first-order chi connectivity index (χ1) is 8.20. The van der Waals surface area contributed by atoms with Gasteiger partial charge >= 0.3 is 5.69 Å². The summed E-state index contributed by atoms with van der Waals surface area (Å²) in [5.41, 5.74) is 2.13. The van der Waals surface area contributed by atoms with E-state index in [1.165, 1.54) is 0 Å². The molecule has 17 heavy (non-hydrogen) atoms. The molecule has 4 N–H and O–H groups in total. The van der Waals surface area contributed by atoms with E-state index < -0.39 is 4.92 Å². The van der Waals surface area contributed by atoms with Crippen LogP contribution in [-0.2, 0) is 0 Å². The molecule has 0 radical (unpaired) electrons. The van der Waals surface area contributed by atoms with Crippen LogP contribution in [0.5, 0.6) is 0 Å². The Morgan fingerprint density at radius 1 is 1.65 bits per heavy atom. The molecule has 1 fully saturated rings. The highest BCUT2D eigenvalue weighted by molar-refractivity contribution is 7.99. The first kappa shape index (κ1) is 11.9. The fourth-order valence-corrected chi connectivity index (χ4v) is 2.68. The third-order valence-electron chi connectivity index (χ3n) is 2.37. The zero-order valence-corrected chi connectivity index (χ0v) is 9.74. The van der Waals surface area contributed by atoms with Gasteiger partial charge in [0.1, 0.15) is 6.20 Å². The van der Waals surface area contributed by atoms with Crippen LogP contribution in [0.2, 0.25) is 0 Å². The summed E-state index contributed by atoms with van der Waals surface area (Å²) in [6, 6.07) is 0.208. The molecule has 1 aromatic rings. The summed E-state index contributed by atoms with van der Waals surface area (Å²) < 4.78 is 0. The Hall–Kier alpha value is -1.61. The Morgan fingerprint density at radius 2 is 2.47 bits per heavy atom. The van der Waals surface area contributed by atoms with Crippen LogP contribution < -0.4 is 16.6 Å². The van der Waals surface area contributed by atoms with Crippen LogP contribution in [0.4, 0.5) is 17.5 Å². The molecular weight excluding hydrogens is 244 g/mol. The number of nitrogens with one attached hydrogen (secondary N) is 2. The van der Waals surface area contributed by atoms with Gasteiger partial charge in [-0.2, -0.15) is 16.7 Å². The van der Waals surface area contributed by atoms with Crippen molar-refractivity contribution in [2.24, 2.45) is 5.84 Å². The quantitative estimate of drug-likeness (QED) is 0.407. The van der Waals surface area contributed by atoms with Gasteiger partial charge in [-0.05, 0) is 12.2 Å². The summed E-state index contributed by atoms with van der Waals surface area (Å²) >= 11 is 1.81. The van der Waals surface area contributed by atoms with E-state index in [0.29, 0.717) is 0 Å². The van der Waals surface area contributed by atoms with Crippen LogP contribution in [0, 0.1) is 10.1 Å². The van der Waals surface area contributed by atoms with Crippen molar-refractivity contribution in [1.82, 2.24) is 9.97 Å². The first-order valence-corrected chi connectivity index (χ1v) is 6.18. The second-order valence-corrected chi connectivity index (χ2v) is 4.68. The number of hydrogen-bond acceptors (Lipinski definition) is 8. The van der Waals surface area contributed by atoms with E-state index in [4.69, 9.17) is 5.84 Å². The van der Waals surface area contributed by atoms with E-state index in [0.717, 1.165) is 24.1 Å². The Kier molecular flexibility index (Phi) is 3.59. The van der Waals surface area contributed by atoms with Gasteiger partial charge in [0.2, 0.25) is 11.8 Å². The molecule has 1 saturated heterocycles. The number of hydrogen-bond donors (Lipinski definition) is 3. The molecule has 2 heterocycles. The molecule has 1 aliphatic heterocycles. The Labute approximate surface area is 102 Å². The summed E-state index contributed by atoms with van der Waals surface area (Å²) in [7, 11) is 0. The molecule has 0 saturated carbocycles. The van der Waals surface area contributed by atoms with Crippen molar-refractivity contribution in [3.05, 3.63) is 16.3 Å². The van der Waals surface area contributed by atoms with Crippen molar-refractivity contribution in [2.75, 3.05) is 22.2 Å². The molecule has 1 atom stereocenters. The van der Waals surface area contributed by atoms with Crippen LogP contribution in [0.25, 0.3) is 0 Å². The van der Waals surface area contributed by atoms with Gasteiger partial charge in [0.25, 0.3) is 0 Å². The van der Waals surface area contributed by atoms with E-state index in [1.54, 1.807) is 0 Å². The minimum Gasteiger partial charge on any atom is -0.361 e. The van der Waals surface area contributed by atoms with E-state index in [9.17, 15) is 10.1 Å². The summed E-state index contributed by atoms with van der Waals surface area (Å²) in [4.78, 5) is 18.0. The van der Waals surface area contributed by atoms with Gasteiger partial charge in [-0.3, -0.25) is 15.5 Å². The Bertz CT molecular complexity index is 422. The van der Waals surface area contributed by atoms with E-state index in [1.807, 2.05) is 11.8 Å². The standard InChI is InChI=1S/C8H12N6O2S/c9-13-8-10-3-6(14(15)16)7(12-8)11-5-1-2-17-4-5/h3,5H,1-2,4,9H2,(H2,10,11,12,13). The van der Waals surface area contributed by atoms with Gasteiger partial charge in [0.05, 0.1) is 4.92 Å². The van der Waals surface area contributed by atoms with Gasteiger partial charge in [-0.25, -0.2) is 10.8 Å². The van der Waals surface area contributed by atoms with E-state index >= 15 is 0 Å². The molecule has 8 nitrogen and oxygen atoms in total. The van der Waals surface area contributed by atoms with Crippen molar-refractivity contribution in [3.8, 4) is 0 Å². The average molecular weight is 256 g/mol. The van der Waals surface area contributed by atoms with Gasteiger partial charge in [-0.1, -0.05) is 0 Å². The zero-order chi connectivity index (χ0) is 12.3. The van der Waals surface area contributed by atoms with Crippen LogP contribution in [0.3, 0.4) is 0 Å². The fourth-order valence-electron chi connectivity index (χ4n) is 1.53. The molecule has 1 aliphatic rings. The number of nitro groups is 1. The summed E-state index contributed by atoms with van der Waals surface area (Å²) in [5, 5.41) is 13.9. The van der Waals surface area contributed by atoms with Gasteiger partial charge in [-0.15, -0.1) is 0 Å². The number of nitrogen functional groups attached to an aromatic ring is 1. The van der Waals surface area contributed by atoms with Crippen LogP contribution in [0.1, 0.15) is 6.42 Å². The van der Waals surface area contributed by atoms with E-state index in [2.05, 4.69) is 20.7 Å². The maximum atomic E-state index is 10.8. The average Bonchev–Trinajstić information content (AvgIpc) is 2.81. The lowest BCUT2D eigenvalue weighted by atomic mass is 10.2. The number of aromatic nitrogens is 2. The number of hydrazine groups is 1. The topological polar surface area (TPSA) is 119 Å². The van der Waals surface area contributed by atoms with Gasteiger partial charge < -0.3 is 5.32 Å². The highest BCUT2D eigenvalue weighted by Crippen LogP contribution is 2.26. The molecule has 9 heteroatoms. The fraction of sp³-hybridized carbons (Fsp3) is 0.500. The highest BCUT2D eigenvalue weighted by Gasteiger charge is 2.22. The number of thioether (sulfide) groups is 1. The number of anilines is 2. The molecule has 0 amide bonds. The van der Waals surface area contributed by atoms with Crippen molar-refractivity contribution in [1.29, 1.82) is 0 Å². The predicted octanol–water partition coefficient (Wildman–Crippen LogP) is 0.588. The number of nitrogens with zero attached hydrogens (tertiary/aromatic N) is 3. The normalized spacial score (nSPS) is 19.0. The molecular formula is C8H12N6O2S. The Morgan fingerprint density at radius 3 is 3.06 bits per heavy atom. The minimum atomic E-state index is -0.509. The predicted molar refractivity (Wildman–Crippen MR) is 65.8 cm³/mol. The monoisotopic (exact) mass is 256 g/mol. The summed E-state index contributed by atoms with van der Waals surface area (Å²) in [6.07, 6.45) is 2.11. The first-order valence-electron chi connectivity index (χ1n) is 5.03. The smallest absolute Gasteiger partial charge is 0.329 e. The van der Waals surface area contributed by atoms with Crippen molar-refractivity contribution >= 4 is 29.2 Å². The van der Waals surface area contributed by atoms with Crippen LogP contribution in [0.15, 0.2) is 6.20 Å². The van der Waals surface area contributed by atoms with Crippen LogP contribution in [-0.4, -0.2) is 32.4 Å². The molecule has 92 valence electrons. The number of nitrogens with two attached hydrogens (primary N) is 1. The molecule has 1 unspecified atom stereocenters. The van der Waals surface area contributed by atoms with Crippen molar-refractivity contribution < 1.29 is 4.92 Å². The second kappa shape index (κ2) is 5.15. The molecule has 0 bridgehead atoms. The molecule has 0 aromatic carbocycles. The van der Waals surface area contributed by atoms with Crippen molar-refractivity contribution in [3.63, 3.8) is 0 Å². The lowest BCUT2D eigenvalue weighted by molar-refractivity contribution is -0.384. The maximum Gasteiger partial charge on any atom is 0.329 e. The molecule has 1 aromatic heterocycles. The Balaban J connectivity index is 2.24. The summed E-state index contributed by atoms with van der Waals surface area (Å²) in [6.45, 7) is 0. The molecule has 2 rings (SSSR count). The second-order valence-electron chi connectivity index (χ2n) is 3.53. The van der Waals surface area contributed by atoms with Crippen LogP contribution >= 0.6 is 11.8 Å². The third-order valence-corrected chi connectivity index (χ3v) is 3.53. The lowest BCUT2D eigenvalue weighted by Crippen LogP contribution is -2.21. The largest absolute Gasteiger partial charge is 0.361 e. The van der Waals surface area contributed by atoms with Gasteiger partial charge in [0.15, 0.2) is 0 Å². The maximum absolute atomic E-state index is 10.8. The number of rotatable bonds is 4. The van der Waals surface area contributed by atoms with Crippen molar-refractivity contribution in [2.45, 2.75) is 12.5 Å². The SMILES string of the molecule is NNc1ncc([N+](=O)[O-])c(NC2CCSC2)n1. The minimum absolute atomic E-state index is 0.138. The molecule has 0 aliphatic carbocycles. The zero-order valence-electron chi connectivity index (χ0n) is 8.92. The van der Waals surface area contributed by atoms with Gasteiger partial charge in [0, 0.05) is 11.8 Å². The highest BCUT2D eigenvalue weighted by atomic mass is 32.2. The third kappa shape index (κ3) is 2.74. The molecule has 0 spiro atoms.